The van der Waals surface area contributed by atoms with Gasteiger partial charge in [0.15, 0.2) is 0 Å². The predicted octanol–water partition coefficient (Wildman–Crippen LogP) is 5.45. The van der Waals surface area contributed by atoms with Crippen molar-refractivity contribution in [2.45, 2.75) is 13.0 Å². The maximum atomic E-state index is 6.20. The highest BCUT2D eigenvalue weighted by Crippen LogP contribution is 2.29. The first-order valence-electron chi connectivity index (χ1n) is 11.7. The lowest BCUT2D eigenvalue weighted by Gasteiger charge is -2.31. The molecule has 0 spiro atoms. The van der Waals surface area contributed by atoms with Crippen molar-refractivity contribution in [2.75, 3.05) is 44.9 Å². The maximum Gasteiger partial charge on any atom is 0.124 e. The van der Waals surface area contributed by atoms with Crippen LogP contribution >= 0.6 is 11.6 Å². The van der Waals surface area contributed by atoms with Crippen LogP contribution in [0.15, 0.2) is 78.9 Å². The fraction of sp³-hybridized carbons (Fsp3) is 0.357. The van der Waals surface area contributed by atoms with Crippen molar-refractivity contribution >= 4 is 17.3 Å². The predicted molar refractivity (Wildman–Crippen MR) is 136 cm³/mol. The van der Waals surface area contributed by atoms with Crippen LogP contribution in [0.4, 0.5) is 5.69 Å². The molecule has 3 aromatic rings. The first kappa shape index (κ1) is 23.6. The Kier molecular flexibility index (Phi) is 8.65. The van der Waals surface area contributed by atoms with Crippen LogP contribution in [-0.4, -0.2) is 40.0 Å². The molecule has 1 saturated heterocycles. The van der Waals surface area contributed by atoms with E-state index in [2.05, 4.69) is 64.8 Å². The second-order valence-corrected chi connectivity index (χ2v) is 9.11. The lowest BCUT2D eigenvalue weighted by molar-refractivity contribution is 0.145. The van der Waals surface area contributed by atoms with Crippen molar-refractivity contribution in [1.29, 1.82) is 0 Å². The summed E-state index contributed by atoms with van der Waals surface area (Å²) < 4.78 is 11.2. The van der Waals surface area contributed by atoms with Gasteiger partial charge in [0.05, 0.1) is 6.61 Å². The van der Waals surface area contributed by atoms with E-state index in [9.17, 15) is 0 Å². The van der Waals surface area contributed by atoms with E-state index in [1.54, 1.807) is 7.11 Å². The van der Waals surface area contributed by atoms with Gasteiger partial charge in [0.25, 0.3) is 0 Å². The topological polar surface area (TPSA) is 33.7 Å². The molecule has 174 valence electrons. The molecule has 1 aliphatic rings. The molecule has 33 heavy (non-hydrogen) atoms. The number of rotatable bonds is 11. The van der Waals surface area contributed by atoms with Crippen molar-refractivity contribution in [2.24, 2.45) is 11.8 Å². The maximum absolute atomic E-state index is 6.20. The zero-order valence-electron chi connectivity index (χ0n) is 19.3. The molecule has 0 aliphatic carbocycles. The number of ether oxygens (including phenoxy) is 2. The molecule has 1 fully saturated rings. The molecular formula is C28H33ClN2O2. The summed E-state index contributed by atoms with van der Waals surface area (Å²) in [6, 6.07) is 27.3. The summed E-state index contributed by atoms with van der Waals surface area (Å²) in [6.07, 6.45) is 1.10. The van der Waals surface area contributed by atoms with E-state index in [1.165, 1.54) is 16.8 Å². The van der Waals surface area contributed by atoms with Crippen LogP contribution in [0, 0.1) is 11.8 Å². The molecule has 1 N–H and O–H groups in total. The largest absolute Gasteiger partial charge is 0.491 e. The van der Waals surface area contributed by atoms with Gasteiger partial charge in [0, 0.05) is 36.5 Å². The number of nitrogens with one attached hydrogen (secondary N) is 1. The Balaban J connectivity index is 1.53. The zero-order valence-corrected chi connectivity index (χ0v) is 20.0. The molecule has 2 atom stereocenters. The Morgan fingerprint density at radius 2 is 1.61 bits per heavy atom. The zero-order chi connectivity index (χ0) is 22.9. The number of methoxy groups -OCH3 is 1. The molecule has 4 rings (SSSR count). The van der Waals surface area contributed by atoms with E-state index in [0.29, 0.717) is 25.0 Å². The first-order valence-corrected chi connectivity index (χ1v) is 12.1. The van der Waals surface area contributed by atoms with Gasteiger partial charge in [-0.15, -0.1) is 0 Å². The van der Waals surface area contributed by atoms with Crippen molar-refractivity contribution in [1.82, 2.24) is 5.32 Å². The third-order valence-corrected chi connectivity index (χ3v) is 6.60. The highest BCUT2D eigenvalue weighted by atomic mass is 35.5. The fourth-order valence-electron chi connectivity index (χ4n) is 4.57. The number of anilines is 1. The third kappa shape index (κ3) is 6.73. The number of hydrogen-bond acceptors (Lipinski definition) is 4. The minimum atomic E-state index is 0.542. The van der Waals surface area contributed by atoms with E-state index < -0.39 is 0 Å². The van der Waals surface area contributed by atoms with Gasteiger partial charge in [-0.05, 0) is 67.2 Å². The molecule has 0 amide bonds. The Hall–Kier alpha value is -2.53. The molecule has 3 aromatic carbocycles. The quantitative estimate of drug-likeness (QED) is 0.382. The summed E-state index contributed by atoms with van der Waals surface area (Å²) in [5.74, 6) is 2.08. The van der Waals surface area contributed by atoms with Crippen LogP contribution in [0.1, 0.15) is 11.1 Å². The Morgan fingerprint density at radius 1 is 0.879 bits per heavy atom. The molecule has 2 unspecified atom stereocenters. The van der Waals surface area contributed by atoms with Gasteiger partial charge in [-0.3, -0.25) is 0 Å². The van der Waals surface area contributed by atoms with Crippen LogP contribution in [0.2, 0.25) is 5.02 Å². The lowest BCUT2D eigenvalue weighted by Crippen LogP contribution is -2.33. The van der Waals surface area contributed by atoms with E-state index >= 15 is 0 Å². The molecule has 0 radical (unpaired) electrons. The van der Waals surface area contributed by atoms with Crippen LogP contribution in [0.3, 0.4) is 0 Å². The summed E-state index contributed by atoms with van der Waals surface area (Å²) in [7, 11) is 1.69. The molecule has 0 aromatic heterocycles. The monoisotopic (exact) mass is 464 g/mol. The summed E-state index contributed by atoms with van der Waals surface area (Å²) >= 11 is 6.20. The van der Waals surface area contributed by atoms with E-state index in [-0.39, 0.29) is 0 Å². The minimum absolute atomic E-state index is 0.542. The number of benzene rings is 3. The summed E-state index contributed by atoms with van der Waals surface area (Å²) in [5.41, 5.74) is 3.76. The van der Waals surface area contributed by atoms with Crippen LogP contribution in [-0.2, 0) is 17.7 Å². The van der Waals surface area contributed by atoms with E-state index in [1.807, 2.05) is 24.3 Å². The highest BCUT2D eigenvalue weighted by molar-refractivity contribution is 6.30. The van der Waals surface area contributed by atoms with E-state index in [4.69, 9.17) is 21.1 Å². The molecule has 0 saturated carbocycles. The van der Waals surface area contributed by atoms with Crippen molar-refractivity contribution in [3.63, 3.8) is 0 Å². The number of hydrogen-bond donors (Lipinski definition) is 1. The van der Waals surface area contributed by atoms with Gasteiger partial charge in [-0.2, -0.15) is 0 Å². The Labute approximate surface area is 202 Å². The second kappa shape index (κ2) is 12.1. The van der Waals surface area contributed by atoms with Gasteiger partial charge >= 0.3 is 0 Å². The Morgan fingerprint density at radius 3 is 2.39 bits per heavy atom. The standard InChI is InChI=1S/C28H33ClN2O2/c1-32-15-16-33-28-10-6-5-9-23(28)20-31(27-13-11-26(29)12-14-27)21-25-19-30-18-24(25)17-22-7-3-2-4-8-22/h2-14,24-25,30H,15-21H2,1H3. The Bertz CT molecular complexity index is 981. The first-order chi connectivity index (χ1) is 16.2. The van der Waals surface area contributed by atoms with Crippen molar-refractivity contribution < 1.29 is 9.47 Å². The molecule has 1 heterocycles. The molecule has 1 aliphatic heterocycles. The SMILES string of the molecule is COCCOc1ccccc1CN(CC1CNCC1Cc1ccccc1)c1ccc(Cl)cc1. The van der Waals surface area contributed by atoms with Crippen LogP contribution in [0.25, 0.3) is 0 Å². The van der Waals surface area contributed by atoms with E-state index in [0.717, 1.165) is 43.4 Å². The number of para-hydroxylation sites is 1. The average Bonchev–Trinajstić information content (AvgIpc) is 3.27. The van der Waals surface area contributed by atoms with Crippen molar-refractivity contribution in [3.8, 4) is 5.75 Å². The highest BCUT2D eigenvalue weighted by Gasteiger charge is 2.29. The molecular weight excluding hydrogens is 432 g/mol. The molecule has 0 bridgehead atoms. The van der Waals surface area contributed by atoms with Gasteiger partial charge in [-0.1, -0.05) is 60.1 Å². The smallest absolute Gasteiger partial charge is 0.124 e. The average molecular weight is 465 g/mol. The van der Waals surface area contributed by atoms with Crippen molar-refractivity contribution in [3.05, 3.63) is 95.0 Å². The third-order valence-electron chi connectivity index (χ3n) is 6.35. The molecule has 4 nitrogen and oxygen atoms in total. The van der Waals surface area contributed by atoms with Gasteiger partial charge < -0.3 is 19.7 Å². The number of nitrogens with zero attached hydrogens (tertiary/aromatic N) is 1. The van der Waals surface area contributed by atoms with Crippen LogP contribution < -0.4 is 15.0 Å². The molecule has 5 heteroatoms. The van der Waals surface area contributed by atoms with Gasteiger partial charge in [0.1, 0.15) is 12.4 Å². The van der Waals surface area contributed by atoms with Gasteiger partial charge in [0.2, 0.25) is 0 Å². The summed E-state index contributed by atoms with van der Waals surface area (Å²) in [6.45, 7) is 4.96. The van der Waals surface area contributed by atoms with Crippen LogP contribution in [0.5, 0.6) is 5.75 Å². The van der Waals surface area contributed by atoms with Gasteiger partial charge in [-0.25, -0.2) is 0 Å². The second-order valence-electron chi connectivity index (χ2n) is 8.67. The lowest BCUT2D eigenvalue weighted by atomic mass is 9.89. The summed E-state index contributed by atoms with van der Waals surface area (Å²) in [5, 5.41) is 4.39. The minimum Gasteiger partial charge on any atom is -0.491 e. The summed E-state index contributed by atoms with van der Waals surface area (Å²) in [4.78, 5) is 2.46. The normalized spacial score (nSPS) is 17.8. The fourth-order valence-corrected chi connectivity index (χ4v) is 4.69. The number of halogens is 1.